The Morgan fingerprint density at radius 1 is 1.29 bits per heavy atom. The van der Waals surface area contributed by atoms with Crippen LogP contribution in [0.15, 0.2) is 0 Å². The van der Waals surface area contributed by atoms with Crippen molar-refractivity contribution in [1.82, 2.24) is 9.80 Å². The monoisotopic (exact) mass is 244 g/mol. The van der Waals surface area contributed by atoms with Crippen LogP contribution in [-0.2, 0) is 4.74 Å². The van der Waals surface area contributed by atoms with Gasteiger partial charge in [-0.3, -0.25) is 0 Å². The third kappa shape index (κ3) is 5.34. The number of piperidine rings is 1. The molecule has 0 amide bonds. The first-order valence-corrected chi connectivity index (χ1v) is 6.78. The van der Waals surface area contributed by atoms with Gasteiger partial charge >= 0.3 is 0 Å². The van der Waals surface area contributed by atoms with E-state index in [-0.39, 0.29) is 6.61 Å². The van der Waals surface area contributed by atoms with E-state index in [0.717, 1.165) is 13.2 Å². The number of rotatable bonds is 7. The highest BCUT2D eigenvalue weighted by atomic mass is 16.5. The third-order valence-electron chi connectivity index (χ3n) is 3.68. The zero-order valence-corrected chi connectivity index (χ0v) is 11.6. The highest BCUT2D eigenvalue weighted by Crippen LogP contribution is 2.16. The zero-order chi connectivity index (χ0) is 12.7. The van der Waals surface area contributed by atoms with Crippen molar-refractivity contribution in [2.45, 2.75) is 38.8 Å². The molecule has 0 aromatic heterocycles. The molecule has 0 saturated carbocycles. The summed E-state index contributed by atoms with van der Waals surface area (Å²) in [5.74, 6) is 0. The lowest BCUT2D eigenvalue weighted by atomic mass is 10.0. The van der Waals surface area contributed by atoms with E-state index in [0.29, 0.717) is 18.7 Å². The number of likely N-dealkylation sites (tertiary alicyclic amines) is 1. The lowest BCUT2D eigenvalue weighted by Gasteiger charge is -2.38. The van der Waals surface area contributed by atoms with Gasteiger partial charge in [0.25, 0.3) is 0 Å². The molecule has 0 spiro atoms. The van der Waals surface area contributed by atoms with Gasteiger partial charge in [-0.2, -0.15) is 0 Å². The molecule has 1 aliphatic rings. The van der Waals surface area contributed by atoms with E-state index in [4.69, 9.17) is 9.84 Å². The van der Waals surface area contributed by atoms with Gasteiger partial charge in [0.2, 0.25) is 0 Å². The highest BCUT2D eigenvalue weighted by Gasteiger charge is 2.23. The van der Waals surface area contributed by atoms with E-state index >= 15 is 0 Å². The molecule has 1 rings (SSSR count). The minimum atomic E-state index is 0.122. The maximum absolute atomic E-state index is 8.62. The fraction of sp³-hybridized carbons (Fsp3) is 1.00. The van der Waals surface area contributed by atoms with Gasteiger partial charge in [-0.05, 0) is 46.8 Å². The number of hydrogen-bond donors (Lipinski definition) is 1. The van der Waals surface area contributed by atoms with Crippen LogP contribution >= 0.6 is 0 Å². The van der Waals surface area contributed by atoms with Crippen LogP contribution in [-0.4, -0.2) is 73.5 Å². The van der Waals surface area contributed by atoms with Gasteiger partial charge < -0.3 is 19.6 Å². The first kappa shape index (κ1) is 14.9. The SMILES string of the molecule is CC(C)N1CCC(N(C)CCOCCO)CC1. The molecule has 1 saturated heterocycles. The Hall–Kier alpha value is -0.160. The molecule has 4 nitrogen and oxygen atoms in total. The quantitative estimate of drug-likeness (QED) is 0.672. The Labute approximate surface area is 106 Å². The second-order valence-corrected chi connectivity index (χ2v) is 5.18. The van der Waals surface area contributed by atoms with Gasteiger partial charge in [-0.25, -0.2) is 0 Å². The number of aliphatic hydroxyl groups is 1. The summed E-state index contributed by atoms with van der Waals surface area (Å²) >= 11 is 0. The summed E-state index contributed by atoms with van der Waals surface area (Å²) in [6.45, 7) is 9.23. The fourth-order valence-corrected chi connectivity index (χ4v) is 2.40. The molecule has 1 fully saturated rings. The van der Waals surface area contributed by atoms with Crippen LogP contribution in [0, 0.1) is 0 Å². The minimum Gasteiger partial charge on any atom is -0.394 e. The van der Waals surface area contributed by atoms with Crippen molar-refractivity contribution in [3.8, 4) is 0 Å². The van der Waals surface area contributed by atoms with Gasteiger partial charge in [0.1, 0.15) is 0 Å². The highest BCUT2D eigenvalue weighted by molar-refractivity contribution is 4.79. The predicted molar refractivity (Wildman–Crippen MR) is 70.3 cm³/mol. The topological polar surface area (TPSA) is 35.9 Å². The van der Waals surface area contributed by atoms with E-state index in [1.165, 1.54) is 25.9 Å². The van der Waals surface area contributed by atoms with E-state index in [1.807, 2.05) is 0 Å². The van der Waals surface area contributed by atoms with Crippen molar-refractivity contribution in [2.24, 2.45) is 0 Å². The minimum absolute atomic E-state index is 0.122. The Bertz CT molecular complexity index is 192. The number of nitrogens with zero attached hydrogens (tertiary/aromatic N) is 2. The van der Waals surface area contributed by atoms with E-state index in [9.17, 15) is 0 Å². The van der Waals surface area contributed by atoms with Crippen molar-refractivity contribution in [3.63, 3.8) is 0 Å². The second kappa shape index (κ2) is 8.03. The molecule has 0 radical (unpaired) electrons. The Kier molecular flexibility index (Phi) is 7.04. The molecule has 1 aliphatic heterocycles. The number of aliphatic hydroxyl groups excluding tert-OH is 1. The summed E-state index contributed by atoms with van der Waals surface area (Å²) in [5, 5.41) is 8.62. The van der Waals surface area contributed by atoms with E-state index in [1.54, 1.807) is 0 Å². The average Bonchev–Trinajstić information content (AvgIpc) is 2.34. The fourth-order valence-electron chi connectivity index (χ4n) is 2.40. The Balaban J connectivity index is 2.14. The maximum Gasteiger partial charge on any atom is 0.0698 e. The number of ether oxygens (including phenoxy) is 1. The molecule has 17 heavy (non-hydrogen) atoms. The van der Waals surface area contributed by atoms with Gasteiger partial charge in [0.05, 0.1) is 19.8 Å². The van der Waals surface area contributed by atoms with Crippen LogP contribution in [0.2, 0.25) is 0 Å². The number of likely N-dealkylation sites (N-methyl/N-ethyl adjacent to an activating group) is 1. The first-order chi connectivity index (χ1) is 8.15. The normalized spacial score (nSPS) is 19.4. The second-order valence-electron chi connectivity index (χ2n) is 5.18. The van der Waals surface area contributed by atoms with Gasteiger partial charge in [-0.1, -0.05) is 0 Å². The molecule has 0 unspecified atom stereocenters. The Morgan fingerprint density at radius 2 is 1.94 bits per heavy atom. The molecule has 102 valence electrons. The largest absolute Gasteiger partial charge is 0.394 e. The molecule has 1 N–H and O–H groups in total. The zero-order valence-electron chi connectivity index (χ0n) is 11.6. The third-order valence-corrected chi connectivity index (χ3v) is 3.68. The van der Waals surface area contributed by atoms with Crippen molar-refractivity contribution < 1.29 is 9.84 Å². The van der Waals surface area contributed by atoms with Crippen molar-refractivity contribution >= 4 is 0 Å². The molecular formula is C13H28N2O2. The summed E-state index contributed by atoms with van der Waals surface area (Å²) in [6, 6.07) is 1.37. The lowest BCUT2D eigenvalue weighted by Crippen LogP contribution is -2.46. The van der Waals surface area contributed by atoms with Crippen LogP contribution < -0.4 is 0 Å². The molecule has 0 aliphatic carbocycles. The van der Waals surface area contributed by atoms with Crippen LogP contribution in [0.25, 0.3) is 0 Å². The summed E-state index contributed by atoms with van der Waals surface area (Å²) in [5.41, 5.74) is 0. The molecule has 0 atom stereocenters. The number of hydrogen-bond acceptors (Lipinski definition) is 4. The van der Waals surface area contributed by atoms with E-state index < -0.39 is 0 Å². The maximum atomic E-state index is 8.62. The Morgan fingerprint density at radius 3 is 2.47 bits per heavy atom. The smallest absolute Gasteiger partial charge is 0.0698 e. The molecule has 0 aromatic carbocycles. The van der Waals surface area contributed by atoms with Gasteiger partial charge in [-0.15, -0.1) is 0 Å². The van der Waals surface area contributed by atoms with Gasteiger partial charge in [0, 0.05) is 18.6 Å². The van der Waals surface area contributed by atoms with Crippen LogP contribution in [0.5, 0.6) is 0 Å². The summed E-state index contributed by atoms with van der Waals surface area (Å²) in [7, 11) is 2.18. The summed E-state index contributed by atoms with van der Waals surface area (Å²) < 4.78 is 5.30. The molecule has 0 bridgehead atoms. The predicted octanol–water partition coefficient (Wildman–Crippen LogP) is 0.800. The first-order valence-electron chi connectivity index (χ1n) is 6.78. The molecule has 0 aromatic rings. The average molecular weight is 244 g/mol. The summed E-state index contributed by atoms with van der Waals surface area (Å²) in [4.78, 5) is 4.95. The lowest BCUT2D eigenvalue weighted by molar-refractivity contribution is 0.0547. The molecular weight excluding hydrogens is 216 g/mol. The van der Waals surface area contributed by atoms with E-state index in [2.05, 4.69) is 30.7 Å². The molecule has 1 heterocycles. The van der Waals surface area contributed by atoms with Crippen LogP contribution in [0.4, 0.5) is 0 Å². The molecule has 4 heteroatoms. The van der Waals surface area contributed by atoms with Crippen molar-refractivity contribution in [1.29, 1.82) is 0 Å². The van der Waals surface area contributed by atoms with Crippen LogP contribution in [0.3, 0.4) is 0 Å². The van der Waals surface area contributed by atoms with Crippen molar-refractivity contribution in [2.75, 3.05) is 46.5 Å². The van der Waals surface area contributed by atoms with Crippen LogP contribution in [0.1, 0.15) is 26.7 Å². The van der Waals surface area contributed by atoms with Gasteiger partial charge in [0.15, 0.2) is 0 Å². The van der Waals surface area contributed by atoms with Crippen molar-refractivity contribution in [3.05, 3.63) is 0 Å². The summed E-state index contributed by atoms with van der Waals surface area (Å²) in [6.07, 6.45) is 2.52. The standard InChI is InChI=1S/C13H28N2O2/c1-12(2)15-6-4-13(5-7-15)14(3)8-10-17-11-9-16/h12-13,16H,4-11H2,1-3H3.